The number of amides is 2. The van der Waals surface area contributed by atoms with Gasteiger partial charge in [0.05, 0.1) is 25.4 Å². The standard InChI is InChI=1S/C46H48N2O13/c49-21-20-47-42(54)31-11-7-9-29(23-31)26-48-43(55)32-24-35(41-36(25-32)60-46(61-41,33-12-3-1-4-13-33)34-14-5-2-6-15-34)58-44(56)30-18-16-28(17-19-30)10-8-22-57-45-40(53)39(52)38(51)37(27-50)59-45/h1-19,23,25,35-41,45,49-53H,20-22,24,26-27H2,(H,47,54)(H,48,55). The first-order valence-electron chi connectivity index (χ1n) is 19.9. The number of benzene rings is 4. The lowest BCUT2D eigenvalue weighted by molar-refractivity contribution is -0.298. The third kappa shape index (κ3) is 9.97. The first-order chi connectivity index (χ1) is 29.6. The largest absolute Gasteiger partial charge is 0.456 e. The summed E-state index contributed by atoms with van der Waals surface area (Å²) in [5.41, 5.74) is 3.75. The Labute approximate surface area is 351 Å². The topological polar surface area (TPSA) is 223 Å². The average Bonchev–Trinajstić information content (AvgIpc) is 3.71. The molecule has 2 fully saturated rings. The lowest BCUT2D eigenvalue weighted by Gasteiger charge is -2.39. The SMILES string of the molecule is O=C(NCc1cccc(C(=O)NCCO)c1)C1=CC2OC(c3ccccc3)(c3ccccc3)OC2C(OC(=O)c2ccc(C=CCOC3OC(CO)C(O)C(O)C3O)cc2)C1. The normalized spacial score (nSPS) is 25.6. The van der Waals surface area contributed by atoms with Gasteiger partial charge in [-0.15, -0.1) is 0 Å². The van der Waals surface area contributed by atoms with Crippen LogP contribution in [0.5, 0.6) is 0 Å². The Bertz CT molecular complexity index is 2140. The predicted octanol–water partition coefficient (Wildman–Crippen LogP) is 2.10. The second-order valence-corrected chi connectivity index (χ2v) is 14.8. The van der Waals surface area contributed by atoms with Gasteiger partial charge in [0.15, 0.2) is 6.29 Å². The molecule has 4 aromatic carbocycles. The first-order valence-corrected chi connectivity index (χ1v) is 19.9. The van der Waals surface area contributed by atoms with Crippen LogP contribution >= 0.6 is 0 Å². The maximum Gasteiger partial charge on any atom is 0.338 e. The minimum absolute atomic E-state index is 0.0145. The fraction of sp³-hybridized carbons (Fsp3) is 0.326. The van der Waals surface area contributed by atoms with Gasteiger partial charge >= 0.3 is 5.97 Å². The molecule has 0 bridgehead atoms. The highest BCUT2D eigenvalue weighted by atomic mass is 16.8. The fourth-order valence-corrected chi connectivity index (χ4v) is 7.46. The zero-order valence-electron chi connectivity index (χ0n) is 33.0. The van der Waals surface area contributed by atoms with E-state index in [2.05, 4.69) is 10.6 Å². The van der Waals surface area contributed by atoms with Crippen molar-refractivity contribution in [3.05, 3.63) is 160 Å². The average molecular weight is 837 g/mol. The molecule has 3 aliphatic rings. The summed E-state index contributed by atoms with van der Waals surface area (Å²) >= 11 is 0. The van der Waals surface area contributed by atoms with E-state index >= 15 is 0 Å². The van der Waals surface area contributed by atoms with Crippen molar-refractivity contribution in [2.45, 2.75) is 67.8 Å². The fourth-order valence-electron chi connectivity index (χ4n) is 7.46. The lowest BCUT2D eigenvalue weighted by Crippen LogP contribution is -2.59. The highest BCUT2D eigenvalue weighted by Gasteiger charge is 2.55. The molecule has 8 atom stereocenters. The van der Waals surface area contributed by atoms with Crippen LogP contribution in [0.25, 0.3) is 6.08 Å². The first kappa shape index (κ1) is 43.5. The van der Waals surface area contributed by atoms with Gasteiger partial charge in [0.1, 0.15) is 42.7 Å². The van der Waals surface area contributed by atoms with Crippen molar-refractivity contribution >= 4 is 23.9 Å². The zero-order chi connectivity index (χ0) is 42.9. The molecule has 8 unspecified atom stereocenters. The second-order valence-electron chi connectivity index (χ2n) is 14.8. The molecule has 320 valence electrons. The van der Waals surface area contributed by atoms with Gasteiger partial charge in [0.2, 0.25) is 11.7 Å². The molecule has 2 aliphatic heterocycles. The van der Waals surface area contributed by atoms with E-state index < -0.39 is 73.3 Å². The molecule has 0 spiro atoms. The molecular weight excluding hydrogens is 789 g/mol. The van der Waals surface area contributed by atoms with E-state index in [1.54, 1.807) is 66.8 Å². The van der Waals surface area contributed by atoms with Crippen molar-refractivity contribution in [1.29, 1.82) is 0 Å². The number of hydrogen-bond donors (Lipinski definition) is 7. The van der Waals surface area contributed by atoms with Crippen molar-refractivity contribution in [1.82, 2.24) is 10.6 Å². The second kappa shape index (κ2) is 19.9. The van der Waals surface area contributed by atoms with Gasteiger partial charge in [-0.1, -0.05) is 97.1 Å². The number of carbonyl (C=O) groups is 3. The van der Waals surface area contributed by atoms with Crippen LogP contribution in [0.4, 0.5) is 0 Å². The number of rotatable bonds is 15. The number of fused-ring (bicyclic) bond motifs is 1. The van der Waals surface area contributed by atoms with Crippen LogP contribution in [-0.4, -0.2) is 119 Å². The summed E-state index contributed by atoms with van der Waals surface area (Å²) in [4.78, 5) is 40.1. The Balaban J connectivity index is 1.06. The van der Waals surface area contributed by atoms with Crippen molar-refractivity contribution in [3.8, 4) is 0 Å². The van der Waals surface area contributed by atoms with Gasteiger partial charge in [-0.25, -0.2) is 4.79 Å². The summed E-state index contributed by atoms with van der Waals surface area (Å²) < 4.78 is 30.7. The summed E-state index contributed by atoms with van der Waals surface area (Å²) in [6, 6.07) is 32.2. The van der Waals surface area contributed by atoms with Gasteiger partial charge in [-0.2, -0.15) is 0 Å². The van der Waals surface area contributed by atoms with Crippen LogP contribution < -0.4 is 10.6 Å². The van der Waals surface area contributed by atoms with E-state index in [9.17, 15) is 34.8 Å². The number of nitrogens with one attached hydrogen (secondary N) is 2. The molecule has 15 nitrogen and oxygen atoms in total. The maximum atomic E-state index is 13.8. The molecule has 2 heterocycles. The predicted molar refractivity (Wildman–Crippen MR) is 218 cm³/mol. The Morgan fingerprint density at radius 1 is 0.770 bits per heavy atom. The smallest absolute Gasteiger partial charge is 0.338 e. The molecule has 0 radical (unpaired) electrons. The van der Waals surface area contributed by atoms with Gasteiger partial charge in [0.25, 0.3) is 5.91 Å². The molecule has 0 saturated carbocycles. The van der Waals surface area contributed by atoms with Crippen molar-refractivity contribution < 1.29 is 63.6 Å². The van der Waals surface area contributed by atoms with Gasteiger partial charge in [0, 0.05) is 41.8 Å². The minimum atomic E-state index is -1.55. The molecule has 2 saturated heterocycles. The third-order valence-corrected chi connectivity index (χ3v) is 10.6. The van der Waals surface area contributed by atoms with E-state index in [0.717, 1.165) is 0 Å². The number of esters is 1. The molecule has 7 rings (SSSR count). The van der Waals surface area contributed by atoms with Crippen LogP contribution in [0.15, 0.2) is 127 Å². The van der Waals surface area contributed by atoms with Gasteiger partial charge < -0.3 is 59.9 Å². The van der Waals surface area contributed by atoms with Crippen LogP contribution in [0.3, 0.4) is 0 Å². The summed E-state index contributed by atoms with van der Waals surface area (Å²) in [6.07, 6.45) is -4.41. The molecule has 4 aromatic rings. The van der Waals surface area contributed by atoms with E-state index in [1.165, 1.54) is 0 Å². The maximum absolute atomic E-state index is 13.8. The van der Waals surface area contributed by atoms with E-state index in [0.29, 0.717) is 33.4 Å². The number of aliphatic hydroxyl groups is 5. The summed E-state index contributed by atoms with van der Waals surface area (Å²) in [7, 11) is 0. The number of hydrogen-bond acceptors (Lipinski definition) is 13. The highest BCUT2D eigenvalue weighted by molar-refractivity contribution is 5.95. The van der Waals surface area contributed by atoms with Gasteiger partial charge in [-0.3, -0.25) is 9.59 Å². The zero-order valence-corrected chi connectivity index (χ0v) is 33.0. The van der Waals surface area contributed by atoms with Crippen molar-refractivity contribution in [2.75, 3.05) is 26.4 Å². The molecule has 61 heavy (non-hydrogen) atoms. The minimum Gasteiger partial charge on any atom is -0.456 e. The van der Waals surface area contributed by atoms with Crippen molar-refractivity contribution in [2.24, 2.45) is 0 Å². The molecule has 2 amide bonds. The summed E-state index contributed by atoms with van der Waals surface area (Å²) in [5.74, 6) is -2.80. The molecule has 7 N–H and O–H groups in total. The lowest BCUT2D eigenvalue weighted by atomic mass is 9.91. The van der Waals surface area contributed by atoms with Crippen LogP contribution in [0.1, 0.15) is 49.4 Å². The Kier molecular flexibility index (Phi) is 14.2. The van der Waals surface area contributed by atoms with E-state index in [4.69, 9.17) is 28.8 Å². The van der Waals surface area contributed by atoms with Crippen LogP contribution in [0, 0.1) is 0 Å². The quantitative estimate of drug-likeness (QED) is 0.0854. The number of carbonyl (C=O) groups excluding carboxylic acids is 3. The monoisotopic (exact) mass is 836 g/mol. The Morgan fingerprint density at radius 2 is 1.48 bits per heavy atom. The summed E-state index contributed by atoms with van der Waals surface area (Å²) in [5, 5.41) is 54.2. The van der Waals surface area contributed by atoms with Gasteiger partial charge in [-0.05, 0) is 41.5 Å². The van der Waals surface area contributed by atoms with E-state index in [1.807, 2.05) is 60.7 Å². The molecule has 15 heteroatoms. The third-order valence-electron chi connectivity index (χ3n) is 10.6. The molecule has 1 aliphatic carbocycles. The highest BCUT2D eigenvalue weighted by Crippen LogP contribution is 2.47. The Morgan fingerprint density at radius 3 is 2.15 bits per heavy atom. The van der Waals surface area contributed by atoms with Crippen LogP contribution in [0.2, 0.25) is 0 Å². The summed E-state index contributed by atoms with van der Waals surface area (Å²) in [6.45, 7) is -0.582. The van der Waals surface area contributed by atoms with Crippen molar-refractivity contribution in [3.63, 3.8) is 0 Å². The Hall–Kier alpha value is -5.59. The van der Waals surface area contributed by atoms with Crippen LogP contribution in [-0.2, 0) is 40.8 Å². The molecule has 0 aromatic heterocycles. The number of ether oxygens (including phenoxy) is 5. The number of aliphatic hydroxyl groups excluding tert-OH is 5. The molecular formula is C46H48N2O13. The van der Waals surface area contributed by atoms with E-state index in [-0.39, 0.29) is 44.2 Å².